The van der Waals surface area contributed by atoms with Crippen LogP contribution in [0.15, 0.2) is 48.5 Å². The molecule has 0 saturated heterocycles. The topological polar surface area (TPSA) is 18.5 Å². The van der Waals surface area contributed by atoms with E-state index in [2.05, 4.69) is 0 Å². The van der Waals surface area contributed by atoms with Crippen molar-refractivity contribution in [1.82, 2.24) is 0 Å². The molecule has 0 saturated carbocycles. The Morgan fingerprint density at radius 3 is 2.47 bits per heavy atom. The number of ether oxygens (including phenoxy) is 2. The fourth-order valence-electron chi connectivity index (χ4n) is 1.69. The summed E-state index contributed by atoms with van der Waals surface area (Å²) in [5.74, 6) is 1.59. The molecule has 2 rings (SSSR count). The lowest BCUT2D eigenvalue weighted by Gasteiger charge is -2.12. The summed E-state index contributed by atoms with van der Waals surface area (Å²) in [6.07, 6.45) is 0.152. The molecule has 100 valence electrons. The average Bonchev–Trinajstić information content (AvgIpc) is 2.37. The van der Waals surface area contributed by atoms with Crippen molar-refractivity contribution in [2.75, 3.05) is 0 Å². The SMILES string of the molecule is CC(C)Oc1cccc(OCc2ccccc2Cl)c1. The van der Waals surface area contributed by atoms with Gasteiger partial charge >= 0.3 is 0 Å². The van der Waals surface area contributed by atoms with Crippen molar-refractivity contribution >= 4 is 11.6 Å². The van der Waals surface area contributed by atoms with Crippen LogP contribution in [0.3, 0.4) is 0 Å². The van der Waals surface area contributed by atoms with Crippen LogP contribution in [0.4, 0.5) is 0 Å². The van der Waals surface area contributed by atoms with E-state index < -0.39 is 0 Å². The van der Waals surface area contributed by atoms with Crippen LogP contribution in [-0.2, 0) is 6.61 Å². The summed E-state index contributed by atoms with van der Waals surface area (Å²) < 4.78 is 11.4. The average molecular weight is 277 g/mol. The molecule has 0 aromatic heterocycles. The second-order valence-corrected chi connectivity index (χ2v) is 4.93. The number of rotatable bonds is 5. The maximum absolute atomic E-state index is 6.09. The van der Waals surface area contributed by atoms with Gasteiger partial charge in [-0.15, -0.1) is 0 Å². The van der Waals surface area contributed by atoms with Gasteiger partial charge in [-0.3, -0.25) is 0 Å². The fraction of sp³-hybridized carbons (Fsp3) is 0.250. The Morgan fingerprint density at radius 2 is 1.74 bits per heavy atom. The van der Waals surface area contributed by atoms with E-state index in [1.165, 1.54) is 0 Å². The highest BCUT2D eigenvalue weighted by Crippen LogP contribution is 2.23. The van der Waals surface area contributed by atoms with E-state index in [1.807, 2.05) is 62.4 Å². The van der Waals surface area contributed by atoms with Crippen LogP contribution in [0.25, 0.3) is 0 Å². The summed E-state index contributed by atoms with van der Waals surface area (Å²) in [4.78, 5) is 0. The minimum Gasteiger partial charge on any atom is -0.491 e. The minimum absolute atomic E-state index is 0.152. The van der Waals surface area contributed by atoms with Gasteiger partial charge in [-0.25, -0.2) is 0 Å². The maximum atomic E-state index is 6.09. The zero-order valence-corrected chi connectivity index (χ0v) is 11.9. The van der Waals surface area contributed by atoms with Crippen molar-refractivity contribution in [3.63, 3.8) is 0 Å². The normalized spacial score (nSPS) is 10.5. The van der Waals surface area contributed by atoms with Crippen molar-refractivity contribution in [3.05, 3.63) is 59.1 Å². The quantitative estimate of drug-likeness (QED) is 0.788. The molecular formula is C16H17ClO2. The van der Waals surface area contributed by atoms with Gasteiger partial charge in [0.1, 0.15) is 18.1 Å². The van der Waals surface area contributed by atoms with Gasteiger partial charge in [0.05, 0.1) is 6.10 Å². The van der Waals surface area contributed by atoms with Gasteiger partial charge in [0.2, 0.25) is 0 Å². The third-order valence-corrected chi connectivity index (χ3v) is 2.90. The van der Waals surface area contributed by atoms with Crippen LogP contribution in [0.1, 0.15) is 19.4 Å². The van der Waals surface area contributed by atoms with E-state index in [4.69, 9.17) is 21.1 Å². The smallest absolute Gasteiger partial charge is 0.123 e. The maximum Gasteiger partial charge on any atom is 0.123 e. The molecule has 0 amide bonds. The third kappa shape index (κ3) is 4.18. The first kappa shape index (κ1) is 13.8. The summed E-state index contributed by atoms with van der Waals surface area (Å²) >= 11 is 6.09. The van der Waals surface area contributed by atoms with E-state index in [9.17, 15) is 0 Å². The first-order valence-corrected chi connectivity index (χ1v) is 6.66. The summed E-state index contributed by atoms with van der Waals surface area (Å²) in [7, 11) is 0. The molecule has 0 unspecified atom stereocenters. The molecule has 0 fully saturated rings. The van der Waals surface area contributed by atoms with E-state index >= 15 is 0 Å². The predicted octanol–water partition coefficient (Wildman–Crippen LogP) is 4.71. The van der Waals surface area contributed by atoms with Crippen molar-refractivity contribution in [3.8, 4) is 11.5 Å². The molecule has 0 spiro atoms. The number of halogens is 1. The highest BCUT2D eigenvalue weighted by atomic mass is 35.5. The lowest BCUT2D eigenvalue weighted by atomic mass is 10.2. The van der Waals surface area contributed by atoms with Gasteiger partial charge in [0.15, 0.2) is 0 Å². The molecule has 2 aromatic rings. The van der Waals surface area contributed by atoms with Crippen LogP contribution in [-0.4, -0.2) is 6.10 Å². The van der Waals surface area contributed by atoms with E-state index in [1.54, 1.807) is 0 Å². The van der Waals surface area contributed by atoms with Crippen LogP contribution in [0.2, 0.25) is 5.02 Å². The van der Waals surface area contributed by atoms with Gasteiger partial charge in [-0.1, -0.05) is 35.9 Å². The Morgan fingerprint density at radius 1 is 1.00 bits per heavy atom. The van der Waals surface area contributed by atoms with Gasteiger partial charge in [0.25, 0.3) is 0 Å². The van der Waals surface area contributed by atoms with E-state index in [0.29, 0.717) is 6.61 Å². The highest BCUT2D eigenvalue weighted by molar-refractivity contribution is 6.31. The van der Waals surface area contributed by atoms with Crippen molar-refractivity contribution in [1.29, 1.82) is 0 Å². The molecule has 2 nitrogen and oxygen atoms in total. The summed E-state index contributed by atoms with van der Waals surface area (Å²) in [5.41, 5.74) is 0.972. The van der Waals surface area contributed by atoms with Gasteiger partial charge in [-0.05, 0) is 32.0 Å². The Hall–Kier alpha value is -1.67. The molecule has 0 aliphatic heterocycles. The molecule has 2 aromatic carbocycles. The second-order valence-electron chi connectivity index (χ2n) is 4.52. The van der Waals surface area contributed by atoms with Crippen LogP contribution in [0.5, 0.6) is 11.5 Å². The third-order valence-electron chi connectivity index (χ3n) is 2.53. The molecule has 0 heterocycles. The molecular weight excluding hydrogens is 260 g/mol. The van der Waals surface area contributed by atoms with Gasteiger partial charge in [-0.2, -0.15) is 0 Å². The van der Waals surface area contributed by atoms with Crippen molar-refractivity contribution in [2.45, 2.75) is 26.6 Å². The molecule has 0 aliphatic carbocycles. The number of hydrogen-bond donors (Lipinski definition) is 0. The molecule has 0 atom stereocenters. The molecule has 0 N–H and O–H groups in total. The van der Waals surface area contributed by atoms with Crippen LogP contribution in [0, 0.1) is 0 Å². The van der Waals surface area contributed by atoms with Crippen molar-refractivity contribution in [2.24, 2.45) is 0 Å². The predicted molar refractivity (Wildman–Crippen MR) is 78.0 cm³/mol. The molecule has 3 heteroatoms. The molecule has 0 bridgehead atoms. The standard InChI is InChI=1S/C16H17ClO2/c1-12(2)19-15-8-5-7-14(10-15)18-11-13-6-3-4-9-16(13)17/h3-10,12H,11H2,1-2H3. The molecule has 0 radical (unpaired) electrons. The van der Waals surface area contributed by atoms with Crippen LogP contribution >= 0.6 is 11.6 Å². The molecule has 0 aliphatic rings. The minimum atomic E-state index is 0.152. The van der Waals surface area contributed by atoms with E-state index in [0.717, 1.165) is 22.1 Å². The Balaban J connectivity index is 2.02. The number of benzene rings is 2. The summed E-state index contributed by atoms with van der Waals surface area (Å²) in [5, 5.41) is 0.720. The lowest BCUT2D eigenvalue weighted by Crippen LogP contribution is -2.05. The first-order valence-electron chi connectivity index (χ1n) is 6.28. The highest BCUT2D eigenvalue weighted by Gasteiger charge is 2.02. The van der Waals surface area contributed by atoms with Gasteiger partial charge in [0, 0.05) is 16.7 Å². The monoisotopic (exact) mass is 276 g/mol. The summed E-state index contributed by atoms with van der Waals surface area (Å²) in [6.45, 7) is 4.44. The zero-order valence-electron chi connectivity index (χ0n) is 11.1. The largest absolute Gasteiger partial charge is 0.491 e. The van der Waals surface area contributed by atoms with Gasteiger partial charge < -0.3 is 9.47 Å². The number of hydrogen-bond acceptors (Lipinski definition) is 2. The molecule has 19 heavy (non-hydrogen) atoms. The second kappa shape index (κ2) is 6.48. The zero-order chi connectivity index (χ0) is 13.7. The lowest BCUT2D eigenvalue weighted by molar-refractivity contribution is 0.239. The Bertz CT molecular complexity index is 538. The van der Waals surface area contributed by atoms with E-state index in [-0.39, 0.29) is 6.10 Å². The Labute approximate surface area is 118 Å². The Kier molecular flexibility index (Phi) is 4.69. The fourth-order valence-corrected chi connectivity index (χ4v) is 1.88. The van der Waals surface area contributed by atoms with Crippen molar-refractivity contribution < 1.29 is 9.47 Å². The summed E-state index contributed by atoms with van der Waals surface area (Å²) in [6, 6.07) is 15.3. The van der Waals surface area contributed by atoms with Crippen LogP contribution < -0.4 is 9.47 Å². The first-order chi connectivity index (χ1) is 9.15.